The molecule has 2 amide bonds. The fourth-order valence-electron chi connectivity index (χ4n) is 7.24. The number of rotatable bonds is 7. The number of alkyl carbamates (subject to hydrolysis) is 1. The number of carboxylic acid groups (broad SMARTS) is 1. The lowest BCUT2D eigenvalue weighted by molar-refractivity contribution is -0.230. The minimum absolute atomic E-state index is 0.142. The van der Waals surface area contributed by atoms with Gasteiger partial charge in [0.25, 0.3) is 0 Å². The molecular weight excluding hydrogens is 746 g/mol. The number of nitrogens with zero attached hydrogens (tertiary/aromatic N) is 2. The second-order valence-corrected chi connectivity index (χ2v) is 16.1. The summed E-state index contributed by atoms with van der Waals surface area (Å²) in [6.07, 6.45) is -0.834. The molecule has 6 bridgehead atoms. The van der Waals surface area contributed by atoms with Crippen molar-refractivity contribution in [2.45, 2.75) is 107 Å². The zero-order chi connectivity index (χ0) is 39.7. The molecule has 4 aliphatic heterocycles. The second kappa shape index (κ2) is 16.4. The van der Waals surface area contributed by atoms with Crippen LogP contribution in [0.25, 0.3) is 0 Å². The maximum absolute atomic E-state index is 14.1. The number of hydrogen-bond acceptors (Lipinski definition) is 13. The van der Waals surface area contributed by atoms with Gasteiger partial charge in [-0.2, -0.15) is 0 Å². The minimum Gasteiger partial charge on any atom is -0.495 e. The number of nitrogens with one attached hydrogen (secondary N) is 1. The van der Waals surface area contributed by atoms with Crippen molar-refractivity contribution in [2.75, 3.05) is 44.7 Å². The summed E-state index contributed by atoms with van der Waals surface area (Å²) in [7, 11) is 6.14. The Hall–Kier alpha value is -3.38. The number of aliphatic carboxylic acids is 1. The lowest BCUT2D eigenvalue weighted by Crippen LogP contribution is -2.66. The Balaban J connectivity index is 1.64. The van der Waals surface area contributed by atoms with Gasteiger partial charge < -0.3 is 43.5 Å². The van der Waals surface area contributed by atoms with Gasteiger partial charge in [-0.05, 0) is 71.0 Å². The average Bonchev–Trinajstić information content (AvgIpc) is 3.80. The van der Waals surface area contributed by atoms with E-state index in [0.717, 1.165) is 11.1 Å². The van der Waals surface area contributed by atoms with E-state index < -0.39 is 77.6 Å². The van der Waals surface area contributed by atoms with Crippen LogP contribution in [-0.2, 0) is 44.5 Å². The first-order valence-electron chi connectivity index (χ1n) is 17.6. The van der Waals surface area contributed by atoms with Crippen molar-refractivity contribution in [1.29, 1.82) is 0 Å². The lowest BCUT2D eigenvalue weighted by atomic mass is 9.87. The highest BCUT2D eigenvalue weighted by Crippen LogP contribution is 2.50. The maximum Gasteiger partial charge on any atom is 0.409 e. The average molecular weight is 796 g/mol. The molecule has 15 nitrogen and oxygen atoms in total. The number of carboxylic acids is 1. The highest BCUT2D eigenvalue weighted by Gasteiger charge is 2.68. The summed E-state index contributed by atoms with van der Waals surface area (Å²) in [5.41, 5.74) is -2.44. The Kier molecular flexibility index (Phi) is 12.7. The summed E-state index contributed by atoms with van der Waals surface area (Å²) >= 11 is 7.94. The van der Waals surface area contributed by atoms with E-state index in [0.29, 0.717) is 23.6 Å². The van der Waals surface area contributed by atoms with Gasteiger partial charge >= 0.3 is 18.0 Å². The zero-order valence-corrected chi connectivity index (χ0v) is 33.3. The summed E-state index contributed by atoms with van der Waals surface area (Å²) in [5.74, 6) is -1.48. The normalized spacial score (nSPS) is 36.5. The van der Waals surface area contributed by atoms with E-state index in [4.69, 9.17) is 40.0 Å². The fraction of sp³-hybridized carbons (Fsp3) is 0.622. The molecule has 1 aromatic carbocycles. The quantitative estimate of drug-likeness (QED) is 0.206. The summed E-state index contributed by atoms with van der Waals surface area (Å²) in [4.78, 5) is 55.6. The van der Waals surface area contributed by atoms with Crippen LogP contribution in [0.4, 0.5) is 10.5 Å². The largest absolute Gasteiger partial charge is 0.495 e. The molecule has 0 aliphatic carbocycles. The monoisotopic (exact) mass is 795 g/mol. The van der Waals surface area contributed by atoms with E-state index in [1.54, 1.807) is 64.1 Å². The molecule has 0 saturated carbocycles. The molecule has 3 fully saturated rings. The zero-order valence-electron chi connectivity index (χ0n) is 31.8. The van der Waals surface area contributed by atoms with Crippen molar-refractivity contribution in [1.82, 2.24) is 10.2 Å². The number of carbonyl (C=O) groups excluding carboxylic acids is 3. The smallest absolute Gasteiger partial charge is 0.409 e. The van der Waals surface area contributed by atoms with Crippen molar-refractivity contribution in [3.05, 3.63) is 46.5 Å². The third-order valence-corrected chi connectivity index (χ3v) is 12.1. The van der Waals surface area contributed by atoms with Crippen LogP contribution in [0.15, 0.2) is 35.9 Å². The minimum atomic E-state index is -1.96. The Morgan fingerprint density at radius 3 is 2.54 bits per heavy atom. The molecule has 54 heavy (non-hydrogen) atoms. The standard InChI is InChI=1S/C37H50ClN3O12S/c1-20-10-9-11-26(49-8)37(47)18-25(50-34(46)39-37)31-32-36(4,53-32)27(17-28(42)40(5)23-15-22(14-20)16-24(48-7)30(23)38)51-33(45)21(2)41(6)35(3,52-31)12-13-54-19-29(43)44/h9-11,15-16,21,25-27,31-32,47H,12-14,17-19H2,1-8H3,(H,39,46)(H,43,44)/b11-9+,20-10+/t21-,25-,26+,27-,31+,32-,35?,36-,37-/m0/s1. The first kappa shape index (κ1) is 41.8. The summed E-state index contributed by atoms with van der Waals surface area (Å²) in [6, 6.07) is 2.66. The van der Waals surface area contributed by atoms with Crippen molar-refractivity contribution < 1.29 is 57.8 Å². The van der Waals surface area contributed by atoms with Crippen LogP contribution < -0.4 is 15.0 Å². The molecule has 17 heteroatoms. The number of ether oxygens (including phenoxy) is 6. The molecule has 5 rings (SSSR count). The molecule has 1 aromatic rings. The number of fused-ring (bicyclic) bond motifs is 5. The number of thioether (sulfide) groups is 1. The van der Waals surface area contributed by atoms with Gasteiger partial charge in [-0.15, -0.1) is 11.8 Å². The fourth-order valence-corrected chi connectivity index (χ4v) is 8.39. The Morgan fingerprint density at radius 1 is 1.15 bits per heavy atom. The van der Waals surface area contributed by atoms with Crippen molar-refractivity contribution in [2.24, 2.45) is 0 Å². The summed E-state index contributed by atoms with van der Waals surface area (Å²) in [6.45, 7) is 6.99. The summed E-state index contributed by atoms with van der Waals surface area (Å²) in [5, 5.41) is 24.0. The van der Waals surface area contributed by atoms with Gasteiger partial charge in [0, 0.05) is 20.6 Å². The number of methoxy groups -OCH3 is 2. The summed E-state index contributed by atoms with van der Waals surface area (Å²) < 4.78 is 36.5. The third kappa shape index (κ3) is 8.69. The number of esters is 1. The van der Waals surface area contributed by atoms with Gasteiger partial charge in [0.1, 0.15) is 58.7 Å². The highest BCUT2D eigenvalue weighted by atomic mass is 35.5. The first-order valence-corrected chi connectivity index (χ1v) is 19.2. The number of amides is 2. The van der Waals surface area contributed by atoms with Crippen LogP contribution in [0.3, 0.4) is 0 Å². The number of allylic oxidation sites excluding steroid dienone is 3. The maximum atomic E-state index is 14.1. The molecular formula is C37H50ClN3O12S. The Bertz CT molecular complexity index is 1690. The Morgan fingerprint density at radius 2 is 1.87 bits per heavy atom. The molecule has 3 N–H and O–H groups in total. The van der Waals surface area contributed by atoms with Gasteiger partial charge in [-0.25, -0.2) is 4.79 Å². The number of hydrogen-bond donors (Lipinski definition) is 3. The number of carbonyl (C=O) groups is 4. The molecule has 9 atom stereocenters. The molecule has 4 aliphatic rings. The van der Waals surface area contributed by atoms with Gasteiger partial charge in [-0.3, -0.25) is 24.6 Å². The molecule has 1 unspecified atom stereocenters. The first-order chi connectivity index (χ1) is 25.4. The van der Waals surface area contributed by atoms with Crippen LogP contribution in [-0.4, -0.2) is 132 Å². The van der Waals surface area contributed by atoms with Crippen molar-refractivity contribution >= 4 is 53.0 Å². The van der Waals surface area contributed by atoms with E-state index in [-0.39, 0.29) is 30.0 Å². The van der Waals surface area contributed by atoms with Crippen LogP contribution in [0.1, 0.15) is 52.5 Å². The van der Waals surface area contributed by atoms with Crippen molar-refractivity contribution in [3.8, 4) is 5.75 Å². The Labute approximate surface area is 324 Å². The van der Waals surface area contributed by atoms with Crippen LogP contribution in [0, 0.1) is 0 Å². The number of likely N-dealkylation sites (N-methyl/N-ethyl adjacent to an activating group) is 1. The van der Waals surface area contributed by atoms with E-state index in [9.17, 15) is 29.4 Å². The van der Waals surface area contributed by atoms with Gasteiger partial charge in [0.15, 0.2) is 5.72 Å². The predicted octanol–water partition coefficient (Wildman–Crippen LogP) is 3.67. The molecule has 0 aromatic heterocycles. The number of anilines is 1. The number of halogens is 1. The molecule has 4 heterocycles. The molecule has 3 saturated heterocycles. The topological polar surface area (TPSA) is 186 Å². The predicted molar refractivity (Wildman–Crippen MR) is 200 cm³/mol. The highest BCUT2D eigenvalue weighted by molar-refractivity contribution is 7.99. The number of aliphatic hydroxyl groups is 1. The van der Waals surface area contributed by atoms with E-state index in [1.807, 2.05) is 13.0 Å². The van der Waals surface area contributed by atoms with E-state index in [2.05, 4.69) is 5.32 Å². The van der Waals surface area contributed by atoms with Crippen LogP contribution >= 0.6 is 23.4 Å². The second-order valence-electron chi connectivity index (χ2n) is 14.6. The van der Waals surface area contributed by atoms with Gasteiger partial charge in [0.2, 0.25) is 5.91 Å². The third-order valence-electron chi connectivity index (χ3n) is 10.8. The molecule has 0 spiro atoms. The molecule has 298 valence electrons. The van der Waals surface area contributed by atoms with E-state index >= 15 is 0 Å². The lowest BCUT2D eigenvalue weighted by Gasteiger charge is -2.47. The number of epoxide rings is 1. The van der Waals surface area contributed by atoms with Gasteiger partial charge in [0.05, 0.1) is 25.0 Å². The molecule has 0 radical (unpaired) electrons. The van der Waals surface area contributed by atoms with Crippen LogP contribution in [0.5, 0.6) is 5.75 Å². The van der Waals surface area contributed by atoms with Gasteiger partial charge in [-0.1, -0.05) is 35.4 Å². The van der Waals surface area contributed by atoms with Crippen molar-refractivity contribution in [3.63, 3.8) is 0 Å². The van der Waals surface area contributed by atoms with Crippen LogP contribution in [0.2, 0.25) is 5.02 Å². The number of benzene rings is 1. The van der Waals surface area contributed by atoms with E-state index in [1.165, 1.54) is 30.9 Å². The SMILES string of the molecule is COc1cc2cc(c1Cl)N(C)C(=O)C[C@@H]1OC(=O)[C@H](C)N(C)C(C)(CCSCC(=O)O)O[C@H]([C@@H]3C[C@@](O)(NC(=O)O3)[C@H](OC)/C=C/C=C(\C)C2)[C@@H]2O[C@@]12C.